The van der Waals surface area contributed by atoms with Crippen LogP contribution in [0.25, 0.3) is 17.0 Å². The second kappa shape index (κ2) is 7.58. The first-order chi connectivity index (χ1) is 12.7. The van der Waals surface area contributed by atoms with Crippen molar-refractivity contribution in [1.82, 2.24) is 14.4 Å². The molecule has 0 amide bonds. The van der Waals surface area contributed by atoms with Crippen LogP contribution in [0, 0.1) is 0 Å². The highest BCUT2D eigenvalue weighted by Crippen LogP contribution is 2.23. The number of nitrogens with zero attached hydrogens (tertiary/aromatic N) is 3. The number of rotatable bonds is 5. The molecule has 1 aliphatic rings. The molecule has 26 heavy (non-hydrogen) atoms. The van der Waals surface area contributed by atoms with Crippen molar-refractivity contribution >= 4 is 34.1 Å². The van der Waals surface area contributed by atoms with E-state index in [1.807, 2.05) is 23.6 Å². The SMILES string of the molecule is CN1CCN(Cn2cc(C=CC(=O)c3cccs3)c3ccccc32)CC1. The number of carbonyl (C=O) groups excluding carboxylic acids is 1. The van der Waals surface area contributed by atoms with Crippen LogP contribution >= 0.6 is 11.3 Å². The van der Waals surface area contributed by atoms with E-state index in [0.29, 0.717) is 0 Å². The number of piperazine rings is 1. The summed E-state index contributed by atoms with van der Waals surface area (Å²) < 4.78 is 2.30. The zero-order valence-corrected chi connectivity index (χ0v) is 15.8. The van der Waals surface area contributed by atoms with Gasteiger partial charge in [0.05, 0.1) is 11.5 Å². The highest BCUT2D eigenvalue weighted by Gasteiger charge is 2.15. The van der Waals surface area contributed by atoms with E-state index in [2.05, 4.69) is 51.9 Å². The van der Waals surface area contributed by atoms with Gasteiger partial charge in [-0.25, -0.2) is 0 Å². The van der Waals surface area contributed by atoms with Gasteiger partial charge in [0.25, 0.3) is 0 Å². The van der Waals surface area contributed by atoms with E-state index in [1.165, 1.54) is 22.2 Å². The van der Waals surface area contributed by atoms with E-state index in [-0.39, 0.29) is 5.78 Å². The molecule has 1 saturated heterocycles. The van der Waals surface area contributed by atoms with Crippen LogP contribution in [0.4, 0.5) is 0 Å². The lowest BCUT2D eigenvalue weighted by Gasteiger charge is -2.32. The fourth-order valence-electron chi connectivity index (χ4n) is 3.40. The summed E-state index contributed by atoms with van der Waals surface area (Å²) in [7, 11) is 2.18. The first-order valence-corrected chi connectivity index (χ1v) is 9.83. The number of carbonyl (C=O) groups is 1. The first kappa shape index (κ1) is 17.2. The van der Waals surface area contributed by atoms with Crippen molar-refractivity contribution in [2.24, 2.45) is 0 Å². The molecule has 0 saturated carbocycles. The number of hydrogen-bond acceptors (Lipinski definition) is 4. The summed E-state index contributed by atoms with van der Waals surface area (Å²) in [6, 6.07) is 12.2. The van der Waals surface area contributed by atoms with Gasteiger partial charge in [0, 0.05) is 48.8 Å². The number of aromatic nitrogens is 1. The zero-order chi connectivity index (χ0) is 17.9. The molecule has 1 aliphatic heterocycles. The van der Waals surface area contributed by atoms with Gasteiger partial charge in [-0.1, -0.05) is 24.3 Å². The second-order valence-electron chi connectivity index (χ2n) is 6.81. The summed E-state index contributed by atoms with van der Waals surface area (Å²) >= 11 is 1.48. The van der Waals surface area contributed by atoms with Crippen molar-refractivity contribution in [3.05, 3.63) is 64.5 Å². The van der Waals surface area contributed by atoms with Crippen molar-refractivity contribution < 1.29 is 4.79 Å². The Balaban J connectivity index is 1.58. The van der Waals surface area contributed by atoms with Gasteiger partial charge < -0.3 is 9.47 Å². The first-order valence-electron chi connectivity index (χ1n) is 8.95. The molecule has 134 valence electrons. The minimum atomic E-state index is 0.0656. The van der Waals surface area contributed by atoms with Gasteiger partial charge in [0.1, 0.15) is 0 Å². The molecule has 0 unspecified atom stereocenters. The average molecular weight is 366 g/mol. The van der Waals surface area contributed by atoms with Crippen LogP contribution in [0.3, 0.4) is 0 Å². The van der Waals surface area contributed by atoms with E-state index < -0.39 is 0 Å². The van der Waals surface area contributed by atoms with Crippen LogP contribution in [0.15, 0.2) is 54.1 Å². The van der Waals surface area contributed by atoms with Crippen LogP contribution in [0.2, 0.25) is 0 Å². The predicted molar refractivity (Wildman–Crippen MR) is 109 cm³/mol. The minimum Gasteiger partial charge on any atom is -0.333 e. The number of benzene rings is 1. The van der Waals surface area contributed by atoms with E-state index in [0.717, 1.165) is 43.3 Å². The number of ketones is 1. The molecule has 0 atom stereocenters. The Bertz CT molecular complexity index is 918. The van der Waals surface area contributed by atoms with Crippen molar-refractivity contribution in [2.45, 2.75) is 6.67 Å². The van der Waals surface area contributed by atoms with E-state index in [9.17, 15) is 4.79 Å². The van der Waals surface area contributed by atoms with Gasteiger partial charge in [-0.3, -0.25) is 9.69 Å². The summed E-state index contributed by atoms with van der Waals surface area (Å²) in [5.41, 5.74) is 2.31. The van der Waals surface area contributed by atoms with Crippen LogP contribution < -0.4 is 0 Å². The maximum Gasteiger partial charge on any atom is 0.195 e. The Morgan fingerprint density at radius 3 is 2.69 bits per heavy atom. The maximum absolute atomic E-state index is 12.3. The van der Waals surface area contributed by atoms with Crippen LogP contribution in [0.1, 0.15) is 15.2 Å². The van der Waals surface area contributed by atoms with E-state index in [4.69, 9.17) is 0 Å². The standard InChI is InChI=1S/C21H23N3OS/c1-22-10-12-23(13-11-22)16-24-15-17(18-5-2-3-6-19(18)24)8-9-20(25)21-7-4-14-26-21/h2-9,14-15H,10-13,16H2,1H3. The fraction of sp³-hybridized carbons (Fsp3) is 0.286. The van der Waals surface area contributed by atoms with Crippen molar-refractivity contribution in [3.63, 3.8) is 0 Å². The lowest BCUT2D eigenvalue weighted by molar-refractivity contribution is 0.105. The van der Waals surface area contributed by atoms with Crippen molar-refractivity contribution in [1.29, 1.82) is 0 Å². The molecule has 1 fully saturated rings. The highest BCUT2D eigenvalue weighted by molar-refractivity contribution is 7.12. The molecule has 0 aliphatic carbocycles. The third-order valence-corrected chi connectivity index (χ3v) is 5.83. The topological polar surface area (TPSA) is 28.5 Å². The molecule has 1 aromatic carbocycles. The fourth-order valence-corrected chi connectivity index (χ4v) is 4.04. The van der Waals surface area contributed by atoms with Gasteiger partial charge in [0.2, 0.25) is 0 Å². The smallest absolute Gasteiger partial charge is 0.195 e. The average Bonchev–Trinajstić information content (AvgIpc) is 3.31. The van der Waals surface area contributed by atoms with E-state index >= 15 is 0 Å². The van der Waals surface area contributed by atoms with Gasteiger partial charge >= 0.3 is 0 Å². The largest absolute Gasteiger partial charge is 0.333 e. The van der Waals surface area contributed by atoms with E-state index in [1.54, 1.807) is 6.08 Å². The van der Waals surface area contributed by atoms with Crippen LogP contribution in [0.5, 0.6) is 0 Å². The van der Waals surface area contributed by atoms with Crippen molar-refractivity contribution in [2.75, 3.05) is 33.2 Å². The molecular formula is C21H23N3OS. The lowest BCUT2D eigenvalue weighted by atomic mass is 10.1. The second-order valence-corrected chi connectivity index (χ2v) is 7.76. The number of allylic oxidation sites excluding steroid dienone is 1. The molecule has 5 heteroatoms. The van der Waals surface area contributed by atoms with Crippen LogP contribution in [-0.4, -0.2) is 53.4 Å². The molecule has 0 N–H and O–H groups in total. The predicted octanol–water partition coefficient (Wildman–Crippen LogP) is 3.80. The number of likely N-dealkylation sites (N-methyl/N-ethyl adjacent to an activating group) is 1. The Morgan fingerprint density at radius 2 is 1.92 bits per heavy atom. The van der Waals surface area contributed by atoms with Crippen LogP contribution in [-0.2, 0) is 6.67 Å². The third kappa shape index (κ3) is 3.65. The molecule has 0 radical (unpaired) electrons. The monoisotopic (exact) mass is 365 g/mol. The summed E-state index contributed by atoms with van der Waals surface area (Å²) in [4.78, 5) is 17.9. The summed E-state index contributed by atoms with van der Waals surface area (Å²) in [5.74, 6) is 0.0656. The maximum atomic E-state index is 12.3. The molecule has 3 heterocycles. The molecule has 0 bridgehead atoms. The summed E-state index contributed by atoms with van der Waals surface area (Å²) in [6.07, 6.45) is 5.81. The Kier molecular flexibility index (Phi) is 5.02. The van der Waals surface area contributed by atoms with Crippen molar-refractivity contribution in [3.8, 4) is 0 Å². The zero-order valence-electron chi connectivity index (χ0n) is 15.0. The quantitative estimate of drug-likeness (QED) is 0.509. The molecule has 3 aromatic rings. The van der Waals surface area contributed by atoms with Gasteiger partial charge in [-0.2, -0.15) is 0 Å². The van der Waals surface area contributed by atoms with Gasteiger partial charge in [0.15, 0.2) is 5.78 Å². The summed E-state index contributed by atoms with van der Waals surface area (Å²) in [6.45, 7) is 5.29. The summed E-state index contributed by atoms with van der Waals surface area (Å²) in [5, 5.41) is 3.13. The number of hydrogen-bond donors (Lipinski definition) is 0. The number of fused-ring (bicyclic) bond motifs is 1. The molecule has 4 nitrogen and oxygen atoms in total. The number of para-hydroxylation sites is 1. The molecule has 2 aromatic heterocycles. The van der Waals surface area contributed by atoms with Gasteiger partial charge in [-0.15, -0.1) is 11.3 Å². The lowest BCUT2D eigenvalue weighted by Crippen LogP contribution is -2.44. The molecule has 0 spiro atoms. The Morgan fingerprint density at radius 1 is 1.12 bits per heavy atom. The minimum absolute atomic E-state index is 0.0656. The normalized spacial score (nSPS) is 16.7. The number of thiophene rings is 1. The van der Waals surface area contributed by atoms with Gasteiger partial charge in [-0.05, 0) is 36.7 Å². The Labute approximate surface area is 157 Å². The third-order valence-electron chi connectivity index (χ3n) is 4.95. The highest BCUT2D eigenvalue weighted by atomic mass is 32.1. The molecular weight excluding hydrogens is 342 g/mol. The molecule has 4 rings (SSSR count). The Hall–Kier alpha value is -2.21.